The van der Waals surface area contributed by atoms with Gasteiger partial charge in [-0.25, -0.2) is 0 Å². The molecule has 3 aromatic rings. The fraction of sp³-hybridized carbons (Fsp3) is 0.235. The van der Waals surface area contributed by atoms with E-state index in [4.69, 9.17) is 4.74 Å². The molecule has 0 bridgehead atoms. The first-order valence-corrected chi connectivity index (χ1v) is 7.44. The summed E-state index contributed by atoms with van der Waals surface area (Å²) in [5.74, 6) is 1.57. The number of pyridine rings is 1. The van der Waals surface area contributed by atoms with Gasteiger partial charge in [-0.2, -0.15) is 0 Å². The van der Waals surface area contributed by atoms with Gasteiger partial charge in [-0.05, 0) is 29.8 Å². The molecule has 2 aromatic heterocycles. The normalized spacial score (nSPS) is 10.7. The Morgan fingerprint density at radius 1 is 1.22 bits per heavy atom. The highest BCUT2D eigenvalue weighted by atomic mass is 16.5. The van der Waals surface area contributed by atoms with E-state index in [0.717, 1.165) is 22.8 Å². The summed E-state index contributed by atoms with van der Waals surface area (Å²) in [5, 5.41) is 11.1. The van der Waals surface area contributed by atoms with Crippen LogP contribution in [0.25, 0.3) is 5.65 Å². The summed E-state index contributed by atoms with van der Waals surface area (Å²) in [7, 11) is 1.61. The van der Waals surface area contributed by atoms with Crippen molar-refractivity contribution in [2.75, 3.05) is 13.7 Å². The third-order valence-corrected chi connectivity index (χ3v) is 3.55. The van der Waals surface area contributed by atoms with Gasteiger partial charge in [0, 0.05) is 19.2 Å². The van der Waals surface area contributed by atoms with Gasteiger partial charge >= 0.3 is 0 Å². The molecular formula is C17H18N4O2. The van der Waals surface area contributed by atoms with Crippen molar-refractivity contribution in [2.45, 2.75) is 12.8 Å². The summed E-state index contributed by atoms with van der Waals surface area (Å²) >= 11 is 0. The summed E-state index contributed by atoms with van der Waals surface area (Å²) in [6.45, 7) is 0.526. The predicted octanol–water partition coefficient (Wildman–Crippen LogP) is 1.64. The van der Waals surface area contributed by atoms with E-state index in [1.54, 1.807) is 7.11 Å². The van der Waals surface area contributed by atoms with E-state index in [0.29, 0.717) is 19.4 Å². The molecule has 0 unspecified atom stereocenters. The summed E-state index contributed by atoms with van der Waals surface area (Å²) in [5.41, 5.74) is 1.74. The van der Waals surface area contributed by atoms with Crippen molar-refractivity contribution in [3.8, 4) is 5.75 Å². The Kier molecular flexibility index (Phi) is 4.52. The zero-order chi connectivity index (χ0) is 16.1. The lowest BCUT2D eigenvalue weighted by Gasteiger charge is -2.06. The molecule has 0 saturated heterocycles. The minimum absolute atomic E-state index is 0.0212. The van der Waals surface area contributed by atoms with Gasteiger partial charge in [0.25, 0.3) is 0 Å². The third kappa shape index (κ3) is 3.66. The van der Waals surface area contributed by atoms with Gasteiger partial charge in [-0.15, -0.1) is 10.2 Å². The zero-order valence-corrected chi connectivity index (χ0v) is 12.9. The number of benzene rings is 1. The quantitative estimate of drug-likeness (QED) is 0.751. The second-order valence-electron chi connectivity index (χ2n) is 5.17. The Labute approximate surface area is 134 Å². The highest BCUT2D eigenvalue weighted by molar-refractivity contribution is 5.78. The van der Waals surface area contributed by atoms with Gasteiger partial charge in [0.2, 0.25) is 5.91 Å². The molecule has 3 rings (SSSR count). The van der Waals surface area contributed by atoms with Crippen molar-refractivity contribution in [3.05, 3.63) is 60.0 Å². The Morgan fingerprint density at radius 3 is 3.00 bits per heavy atom. The van der Waals surface area contributed by atoms with Crippen molar-refractivity contribution < 1.29 is 9.53 Å². The first kappa shape index (κ1) is 15.0. The van der Waals surface area contributed by atoms with E-state index < -0.39 is 0 Å². The first-order chi connectivity index (χ1) is 11.3. The molecule has 1 N–H and O–H groups in total. The van der Waals surface area contributed by atoms with E-state index >= 15 is 0 Å². The predicted molar refractivity (Wildman–Crippen MR) is 86.4 cm³/mol. The van der Waals surface area contributed by atoms with Gasteiger partial charge < -0.3 is 10.1 Å². The number of nitrogens with zero attached hydrogens (tertiary/aromatic N) is 3. The summed E-state index contributed by atoms with van der Waals surface area (Å²) < 4.78 is 7.08. The number of ether oxygens (including phenoxy) is 1. The van der Waals surface area contributed by atoms with Gasteiger partial charge in [0.1, 0.15) is 11.6 Å². The Balaban J connectivity index is 1.53. The molecular weight excluding hydrogens is 292 g/mol. The monoisotopic (exact) mass is 310 g/mol. The van der Waals surface area contributed by atoms with Gasteiger partial charge in [-0.3, -0.25) is 9.20 Å². The number of amides is 1. The molecule has 0 radical (unpaired) electrons. The van der Waals surface area contributed by atoms with Crippen LogP contribution in [0.2, 0.25) is 0 Å². The molecule has 0 atom stereocenters. The Hall–Kier alpha value is -2.89. The Bertz CT molecular complexity index is 813. The van der Waals surface area contributed by atoms with E-state index in [-0.39, 0.29) is 5.91 Å². The largest absolute Gasteiger partial charge is 0.497 e. The van der Waals surface area contributed by atoms with Crippen LogP contribution < -0.4 is 10.1 Å². The lowest BCUT2D eigenvalue weighted by molar-refractivity contribution is -0.120. The smallest absolute Gasteiger partial charge is 0.224 e. The van der Waals surface area contributed by atoms with Crippen LogP contribution in [-0.4, -0.2) is 34.2 Å². The summed E-state index contributed by atoms with van der Waals surface area (Å²) in [4.78, 5) is 12.0. The summed E-state index contributed by atoms with van der Waals surface area (Å²) in [6.07, 6.45) is 2.88. The standard InChI is InChI=1S/C17H18N4O2/c1-23-14-6-4-5-13(11-14)12-17(22)18-9-8-16-20-19-15-7-2-3-10-21(15)16/h2-7,10-11H,8-9,12H2,1H3,(H,18,22). The van der Waals surface area contributed by atoms with Crippen LogP contribution in [-0.2, 0) is 17.6 Å². The van der Waals surface area contributed by atoms with Crippen LogP contribution in [0.4, 0.5) is 0 Å². The second-order valence-corrected chi connectivity index (χ2v) is 5.17. The molecule has 1 aromatic carbocycles. The van der Waals surface area contributed by atoms with Crippen LogP contribution in [0.15, 0.2) is 48.7 Å². The highest BCUT2D eigenvalue weighted by Gasteiger charge is 2.07. The van der Waals surface area contributed by atoms with Crippen molar-refractivity contribution in [1.82, 2.24) is 19.9 Å². The minimum atomic E-state index is -0.0212. The molecule has 23 heavy (non-hydrogen) atoms. The second kappa shape index (κ2) is 6.91. The van der Waals surface area contributed by atoms with Crippen LogP contribution in [0.1, 0.15) is 11.4 Å². The van der Waals surface area contributed by atoms with E-state index in [1.807, 2.05) is 53.1 Å². The number of nitrogens with one attached hydrogen (secondary N) is 1. The SMILES string of the molecule is COc1cccc(CC(=O)NCCc2nnc3ccccn23)c1. The molecule has 0 fully saturated rings. The van der Waals surface area contributed by atoms with E-state index in [2.05, 4.69) is 15.5 Å². The van der Waals surface area contributed by atoms with Gasteiger partial charge in [-0.1, -0.05) is 18.2 Å². The molecule has 0 saturated carbocycles. The molecule has 6 nitrogen and oxygen atoms in total. The van der Waals surface area contributed by atoms with Crippen LogP contribution >= 0.6 is 0 Å². The number of aromatic nitrogens is 3. The molecule has 6 heteroatoms. The van der Waals surface area contributed by atoms with Crippen LogP contribution in [0.3, 0.4) is 0 Å². The molecule has 0 spiro atoms. The fourth-order valence-corrected chi connectivity index (χ4v) is 2.41. The molecule has 1 amide bonds. The van der Waals surface area contributed by atoms with Crippen molar-refractivity contribution in [1.29, 1.82) is 0 Å². The number of fused-ring (bicyclic) bond motifs is 1. The Morgan fingerprint density at radius 2 is 2.13 bits per heavy atom. The zero-order valence-electron chi connectivity index (χ0n) is 12.9. The molecule has 0 aliphatic heterocycles. The van der Waals surface area contributed by atoms with E-state index in [1.165, 1.54) is 0 Å². The number of methoxy groups -OCH3 is 1. The summed E-state index contributed by atoms with van der Waals surface area (Å²) in [6, 6.07) is 13.3. The average Bonchev–Trinajstić information content (AvgIpc) is 2.98. The number of carbonyl (C=O) groups is 1. The number of rotatable bonds is 6. The van der Waals surface area contributed by atoms with Gasteiger partial charge in [0.05, 0.1) is 13.5 Å². The molecule has 0 aliphatic carbocycles. The maximum absolute atomic E-state index is 12.0. The molecule has 2 heterocycles. The first-order valence-electron chi connectivity index (χ1n) is 7.44. The number of hydrogen-bond acceptors (Lipinski definition) is 4. The maximum atomic E-state index is 12.0. The molecule has 118 valence electrons. The van der Waals surface area contributed by atoms with Crippen molar-refractivity contribution in [3.63, 3.8) is 0 Å². The topological polar surface area (TPSA) is 68.5 Å². The van der Waals surface area contributed by atoms with E-state index in [9.17, 15) is 4.79 Å². The maximum Gasteiger partial charge on any atom is 0.224 e. The van der Waals surface area contributed by atoms with Crippen LogP contribution in [0, 0.1) is 0 Å². The fourth-order valence-electron chi connectivity index (χ4n) is 2.41. The third-order valence-electron chi connectivity index (χ3n) is 3.55. The van der Waals surface area contributed by atoms with Crippen LogP contribution in [0.5, 0.6) is 5.75 Å². The average molecular weight is 310 g/mol. The number of carbonyl (C=O) groups excluding carboxylic acids is 1. The van der Waals surface area contributed by atoms with Gasteiger partial charge in [0.15, 0.2) is 5.65 Å². The minimum Gasteiger partial charge on any atom is -0.497 e. The lowest BCUT2D eigenvalue weighted by Crippen LogP contribution is -2.27. The lowest BCUT2D eigenvalue weighted by atomic mass is 10.1. The number of hydrogen-bond donors (Lipinski definition) is 1. The van der Waals surface area contributed by atoms with Crippen molar-refractivity contribution in [2.24, 2.45) is 0 Å². The van der Waals surface area contributed by atoms with Crippen molar-refractivity contribution >= 4 is 11.6 Å². The molecule has 0 aliphatic rings. The highest BCUT2D eigenvalue weighted by Crippen LogP contribution is 2.12.